The molecule has 90 valence electrons. The van der Waals surface area contributed by atoms with E-state index >= 15 is 0 Å². The molecule has 0 aliphatic heterocycles. The molecule has 0 aliphatic carbocycles. The van der Waals surface area contributed by atoms with Crippen LogP contribution in [0.3, 0.4) is 0 Å². The van der Waals surface area contributed by atoms with Gasteiger partial charge in [-0.2, -0.15) is 0 Å². The third-order valence-electron chi connectivity index (χ3n) is 2.73. The monoisotopic (exact) mass is 237 g/mol. The van der Waals surface area contributed by atoms with Crippen molar-refractivity contribution in [2.24, 2.45) is 5.73 Å². The summed E-state index contributed by atoms with van der Waals surface area (Å²) in [7, 11) is 0. The number of hydrogen-bond acceptors (Lipinski definition) is 2. The maximum Gasteiger partial charge on any atom is 0.159 e. The number of hydrogen-bond donors (Lipinski definition) is 1. The number of furan rings is 1. The van der Waals surface area contributed by atoms with Gasteiger partial charge in [0.2, 0.25) is 0 Å². The molecular formula is C13H13F2NO. The van der Waals surface area contributed by atoms with Crippen LogP contribution in [0.5, 0.6) is 0 Å². The van der Waals surface area contributed by atoms with Crippen molar-refractivity contribution in [1.29, 1.82) is 0 Å². The number of benzene rings is 1. The molecule has 2 rings (SSSR count). The second-order valence-corrected chi connectivity index (χ2v) is 3.89. The normalized spacial score (nSPS) is 12.6. The maximum atomic E-state index is 13.1. The van der Waals surface area contributed by atoms with E-state index in [9.17, 15) is 8.78 Å². The molecule has 1 aromatic heterocycles. The molecule has 0 radical (unpaired) electrons. The molecule has 0 spiro atoms. The van der Waals surface area contributed by atoms with Crippen LogP contribution in [0.1, 0.15) is 17.2 Å². The molecule has 0 amide bonds. The largest absolute Gasteiger partial charge is 0.469 e. The van der Waals surface area contributed by atoms with Gasteiger partial charge in [0.1, 0.15) is 5.76 Å². The lowest BCUT2D eigenvalue weighted by atomic mass is 9.94. The average Bonchev–Trinajstić information content (AvgIpc) is 2.82. The molecule has 0 fully saturated rings. The van der Waals surface area contributed by atoms with Gasteiger partial charge in [0.05, 0.1) is 6.26 Å². The second-order valence-electron chi connectivity index (χ2n) is 3.89. The van der Waals surface area contributed by atoms with E-state index in [0.717, 1.165) is 11.8 Å². The number of halogens is 2. The summed E-state index contributed by atoms with van der Waals surface area (Å²) in [4.78, 5) is 0. The fourth-order valence-electron chi connectivity index (χ4n) is 1.78. The Labute approximate surface area is 98.0 Å². The average molecular weight is 237 g/mol. The first-order chi connectivity index (χ1) is 8.20. The van der Waals surface area contributed by atoms with Crippen LogP contribution in [0.2, 0.25) is 0 Å². The van der Waals surface area contributed by atoms with E-state index in [1.807, 2.05) is 6.07 Å². The van der Waals surface area contributed by atoms with Crippen LogP contribution in [-0.4, -0.2) is 6.54 Å². The van der Waals surface area contributed by atoms with E-state index < -0.39 is 11.6 Å². The molecule has 0 aliphatic rings. The molecule has 1 heterocycles. The van der Waals surface area contributed by atoms with Crippen molar-refractivity contribution < 1.29 is 13.2 Å². The molecule has 1 unspecified atom stereocenters. The Kier molecular flexibility index (Phi) is 3.54. The molecule has 17 heavy (non-hydrogen) atoms. The number of rotatable bonds is 4. The van der Waals surface area contributed by atoms with Crippen LogP contribution < -0.4 is 5.73 Å². The molecular weight excluding hydrogens is 224 g/mol. The number of nitrogens with two attached hydrogens (primary N) is 1. The van der Waals surface area contributed by atoms with Crippen LogP contribution in [0.15, 0.2) is 41.0 Å². The van der Waals surface area contributed by atoms with E-state index in [4.69, 9.17) is 10.2 Å². The molecule has 1 aromatic carbocycles. The second kappa shape index (κ2) is 5.10. The highest BCUT2D eigenvalue weighted by Crippen LogP contribution is 2.22. The lowest BCUT2D eigenvalue weighted by Crippen LogP contribution is -2.15. The van der Waals surface area contributed by atoms with Gasteiger partial charge in [-0.05, 0) is 36.4 Å². The van der Waals surface area contributed by atoms with Gasteiger partial charge in [0, 0.05) is 12.3 Å². The molecule has 0 bridgehead atoms. The molecule has 2 N–H and O–H groups in total. The zero-order valence-electron chi connectivity index (χ0n) is 9.20. The standard InChI is InChI=1S/C13H13F2NO/c14-12-4-3-9(7-13(12)15)10(8-16)6-11-2-1-5-17-11/h1-5,7,10H,6,8,16H2. The van der Waals surface area contributed by atoms with Gasteiger partial charge in [-0.25, -0.2) is 8.78 Å². The minimum Gasteiger partial charge on any atom is -0.469 e. The summed E-state index contributed by atoms with van der Waals surface area (Å²) in [6.45, 7) is 0.353. The highest BCUT2D eigenvalue weighted by Gasteiger charge is 2.14. The van der Waals surface area contributed by atoms with Crippen molar-refractivity contribution in [3.63, 3.8) is 0 Å². The summed E-state index contributed by atoms with van der Waals surface area (Å²) in [5.41, 5.74) is 6.33. The van der Waals surface area contributed by atoms with Crippen molar-refractivity contribution in [3.05, 3.63) is 59.6 Å². The Hall–Kier alpha value is -1.68. The van der Waals surface area contributed by atoms with E-state index in [0.29, 0.717) is 18.5 Å². The van der Waals surface area contributed by atoms with Gasteiger partial charge < -0.3 is 10.2 Å². The molecule has 2 aromatic rings. The predicted octanol–water partition coefficient (Wildman–Crippen LogP) is 2.84. The smallest absolute Gasteiger partial charge is 0.159 e. The third kappa shape index (κ3) is 2.71. The van der Waals surface area contributed by atoms with Crippen LogP contribution >= 0.6 is 0 Å². The quantitative estimate of drug-likeness (QED) is 0.888. The van der Waals surface area contributed by atoms with Crippen molar-refractivity contribution in [2.75, 3.05) is 6.54 Å². The summed E-state index contributed by atoms with van der Waals surface area (Å²) >= 11 is 0. The maximum absolute atomic E-state index is 13.1. The summed E-state index contributed by atoms with van der Waals surface area (Å²) < 4.78 is 31.2. The first-order valence-corrected chi connectivity index (χ1v) is 5.38. The van der Waals surface area contributed by atoms with Crippen molar-refractivity contribution >= 4 is 0 Å². The lowest BCUT2D eigenvalue weighted by Gasteiger charge is -2.13. The van der Waals surface area contributed by atoms with Gasteiger partial charge in [0.15, 0.2) is 11.6 Å². The minimum absolute atomic E-state index is 0.0729. The first kappa shape index (κ1) is 11.8. The van der Waals surface area contributed by atoms with Crippen molar-refractivity contribution in [3.8, 4) is 0 Å². The summed E-state index contributed by atoms with van der Waals surface area (Å²) in [6, 6.07) is 7.49. The third-order valence-corrected chi connectivity index (χ3v) is 2.73. The van der Waals surface area contributed by atoms with Crippen molar-refractivity contribution in [2.45, 2.75) is 12.3 Å². The van der Waals surface area contributed by atoms with E-state index in [1.54, 1.807) is 18.4 Å². The Bertz CT molecular complexity index is 482. The van der Waals surface area contributed by atoms with Gasteiger partial charge in [-0.15, -0.1) is 0 Å². The van der Waals surface area contributed by atoms with Gasteiger partial charge in [0.25, 0.3) is 0 Å². The van der Waals surface area contributed by atoms with Gasteiger partial charge >= 0.3 is 0 Å². The van der Waals surface area contributed by atoms with Gasteiger partial charge in [-0.1, -0.05) is 6.07 Å². The summed E-state index contributed by atoms with van der Waals surface area (Å²) in [6.07, 6.45) is 2.16. The first-order valence-electron chi connectivity index (χ1n) is 5.38. The Balaban J connectivity index is 2.20. The fourth-order valence-corrected chi connectivity index (χ4v) is 1.78. The summed E-state index contributed by atoms with van der Waals surface area (Å²) in [5.74, 6) is -0.982. The minimum atomic E-state index is -0.847. The van der Waals surface area contributed by atoms with E-state index in [1.165, 1.54) is 6.07 Å². The topological polar surface area (TPSA) is 39.2 Å². The van der Waals surface area contributed by atoms with Crippen LogP contribution in [-0.2, 0) is 6.42 Å². The zero-order chi connectivity index (χ0) is 12.3. The Morgan fingerprint density at radius 2 is 2.00 bits per heavy atom. The zero-order valence-corrected chi connectivity index (χ0v) is 9.20. The Morgan fingerprint density at radius 1 is 1.18 bits per heavy atom. The highest BCUT2D eigenvalue weighted by atomic mass is 19.2. The lowest BCUT2D eigenvalue weighted by molar-refractivity contribution is 0.481. The van der Waals surface area contributed by atoms with Crippen molar-refractivity contribution in [1.82, 2.24) is 0 Å². The SMILES string of the molecule is NCC(Cc1ccco1)c1ccc(F)c(F)c1. The molecule has 1 atom stereocenters. The van der Waals surface area contributed by atoms with Crippen LogP contribution in [0, 0.1) is 11.6 Å². The molecule has 2 nitrogen and oxygen atoms in total. The fraction of sp³-hybridized carbons (Fsp3) is 0.231. The summed E-state index contributed by atoms with van der Waals surface area (Å²) in [5, 5.41) is 0. The van der Waals surface area contributed by atoms with Gasteiger partial charge in [-0.3, -0.25) is 0 Å². The van der Waals surface area contributed by atoms with Crippen LogP contribution in [0.4, 0.5) is 8.78 Å². The van der Waals surface area contributed by atoms with E-state index in [2.05, 4.69) is 0 Å². The van der Waals surface area contributed by atoms with E-state index in [-0.39, 0.29) is 5.92 Å². The van der Waals surface area contributed by atoms with Crippen LogP contribution in [0.25, 0.3) is 0 Å². The highest BCUT2D eigenvalue weighted by molar-refractivity contribution is 5.23. The molecule has 4 heteroatoms. The molecule has 0 saturated carbocycles. The Morgan fingerprint density at radius 3 is 2.59 bits per heavy atom. The predicted molar refractivity (Wildman–Crippen MR) is 60.6 cm³/mol. The molecule has 0 saturated heterocycles.